The summed E-state index contributed by atoms with van der Waals surface area (Å²) in [4.78, 5) is 13.4. The van der Waals surface area contributed by atoms with E-state index in [9.17, 15) is 4.79 Å². The summed E-state index contributed by atoms with van der Waals surface area (Å²) in [7, 11) is 0. The SMILES string of the molecule is Cc1ccc(C2(c3ccc(C)cc3)C(=O)Nc3c(C)cccc32)cc1. The first kappa shape index (κ1) is 15.6. The summed E-state index contributed by atoms with van der Waals surface area (Å²) < 4.78 is 0. The number of para-hydroxylation sites is 1. The Morgan fingerprint density at radius 2 is 1.24 bits per heavy atom. The second-order valence-electron chi connectivity index (χ2n) is 6.93. The van der Waals surface area contributed by atoms with Gasteiger partial charge in [-0.2, -0.15) is 0 Å². The van der Waals surface area contributed by atoms with E-state index in [1.165, 1.54) is 11.1 Å². The van der Waals surface area contributed by atoms with Gasteiger partial charge < -0.3 is 5.32 Å². The highest BCUT2D eigenvalue weighted by molar-refractivity contribution is 6.12. The molecule has 0 unspecified atom stereocenters. The van der Waals surface area contributed by atoms with Crippen LogP contribution in [0.2, 0.25) is 0 Å². The van der Waals surface area contributed by atoms with Crippen molar-refractivity contribution >= 4 is 11.6 Å². The molecule has 3 aromatic rings. The van der Waals surface area contributed by atoms with Gasteiger partial charge in [0.1, 0.15) is 5.41 Å². The molecular weight excluding hydrogens is 306 g/mol. The van der Waals surface area contributed by atoms with Crippen LogP contribution in [-0.4, -0.2) is 5.91 Å². The van der Waals surface area contributed by atoms with Crippen LogP contribution in [0, 0.1) is 20.8 Å². The topological polar surface area (TPSA) is 29.1 Å². The fraction of sp³-hybridized carbons (Fsp3) is 0.174. The maximum Gasteiger partial charge on any atom is 0.244 e. The average molecular weight is 327 g/mol. The van der Waals surface area contributed by atoms with Crippen LogP contribution in [-0.2, 0) is 10.2 Å². The maximum atomic E-state index is 13.4. The zero-order valence-electron chi connectivity index (χ0n) is 14.8. The van der Waals surface area contributed by atoms with Gasteiger partial charge in [-0.15, -0.1) is 0 Å². The van der Waals surface area contributed by atoms with E-state index in [0.717, 1.165) is 27.9 Å². The molecule has 1 aliphatic rings. The third-order valence-corrected chi connectivity index (χ3v) is 5.23. The summed E-state index contributed by atoms with van der Waals surface area (Å²) in [5, 5.41) is 3.14. The lowest BCUT2D eigenvalue weighted by atomic mass is 9.70. The summed E-state index contributed by atoms with van der Waals surface area (Å²) in [6.45, 7) is 6.17. The molecule has 0 aromatic heterocycles. The number of aryl methyl sites for hydroxylation is 3. The Bertz CT molecular complexity index is 907. The van der Waals surface area contributed by atoms with Gasteiger partial charge >= 0.3 is 0 Å². The highest BCUT2D eigenvalue weighted by Gasteiger charge is 2.49. The third kappa shape index (κ3) is 2.21. The number of nitrogens with one attached hydrogen (secondary N) is 1. The van der Waals surface area contributed by atoms with E-state index in [2.05, 4.69) is 73.8 Å². The molecule has 0 fully saturated rings. The van der Waals surface area contributed by atoms with Crippen molar-refractivity contribution in [2.24, 2.45) is 0 Å². The highest BCUT2D eigenvalue weighted by Crippen LogP contribution is 2.48. The molecule has 1 amide bonds. The second kappa shape index (κ2) is 5.59. The number of fused-ring (bicyclic) bond motifs is 1. The Kier molecular flexibility index (Phi) is 3.50. The zero-order chi connectivity index (χ0) is 17.6. The molecule has 1 N–H and O–H groups in total. The molecule has 0 aliphatic carbocycles. The largest absolute Gasteiger partial charge is 0.324 e. The number of benzene rings is 3. The van der Waals surface area contributed by atoms with Crippen LogP contribution in [0.3, 0.4) is 0 Å². The van der Waals surface area contributed by atoms with Gasteiger partial charge in [-0.1, -0.05) is 77.9 Å². The zero-order valence-corrected chi connectivity index (χ0v) is 14.8. The van der Waals surface area contributed by atoms with Gasteiger partial charge in [0, 0.05) is 11.3 Å². The monoisotopic (exact) mass is 327 g/mol. The van der Waals surface area contributed by atoms with Crippen molar-refractivity contribution in [2.75, 3.05) is 5.32 Å². The normalized spacial score (nSPS) is 14.9. The average Bonchev–Trinajstić information content (AvgIpc) is 2.91. The number of hydrogen-bond acceptors (Lipinski definition) is 1. The predicted molar refractivity (Wildman–Crippen MR) is 102 cm³/mol. The van der Waals surface area contributed by atoms with Crippen LogP contribution >= 0.6 is 0 Å². The number of carbonyl (C=O) groups is 1. The molecule has 0 spiro atoms. The minimum absolute atomic E-state index is 0.0181. The van der Waals surface area contributed by atoms with Crippen LogP contribution in [0.1, 0.15) is 33.4 Å². The molecule has 3 aromatic carbocycles. The van der Waals surface area contributed by atoms with Crippen molar-refractivity contribution in [1.82, 2.24) is 0 Å². The molecule has 124 valence electrons. The second-order valence-corrected chi connectivity index (χ2v) is 6.93. The molecule has 0 atom stereocenters. The first-order valence-electron chi connectivity index (χ1n) is 8.59. The van der Waals surface area contributed by atoms with Gasteiger partial charge in [-0.05, 0) is 37.5 Å². The van der Waals surface area contributed by atoms with Crippen LogP contribution in [0.25, 0.3) is 0 Å². The quantitative estimate of drug-likeness (QED) is 0.713. The number of amides is 1. The molecule has 1 heterocycles. The van der Waals surface area contributed by atoms with E-state index < -0.39 is 5.41 Å². The van der Waals surface area contributed by atoms with E-state index in [4.69, 9.17) is 0 Å². The van der Waals surface area contributed by atoms with Crippen molar-refractivity contribution in [3.63, 3.8) is 0 Å². The van der Waals surface area contributed by atoms with Crippen molar-refractivity contribution in [2.45, 2.75) is 26.2 Å². The summed E-state index contributed by atoms with van der Waals surface area (Å²) in [5.74, 6) is 0.0181. The Labute approximate surface area is 148 Å². The Balaban J connectivity index is 2.08. The standard InChI is InChI=1S/C23H21NO/c1-15-7-11-18(12-8-15)23(19-13-9-16(2)10-14-19)20-6-4-5-17(3)21(20)24-22(23)25/h4-14H,1-3H3,(H,24,25). The van der Waals surface area contributed by atoms with Crippen molar-refractivity contribution < 1.29 is 4.79 Å². The molecule has 0 saturated heterocycles. The number of carbonyl (C=O) groups excluding carboxylic acids is 1. The molecular formula is C23H21NO. The van der Waals surface area contributed by atoms with Gasteiger partial charge in [0.15, 0.2) is 0 Å². The Morgan fingerprint density at radius 1 is 0.720 bits per heavy atom. The summed E-state index contributed by atoms with van der Waals surface area (Å²) >= 11 is 0. The first-order chi connectivity index (χ1) is 12.0. The fourth-order valence-electron chi connectivity index (χ4n) is 3.82. The minimum atomic E-state index is -0.803. The molecule has 2 heteroatoms. The lowest BCUT2D eigenvalue weighted by molar-refractivity contribution is -0.118. The van der Waals surface area contributed by atoms with Crippen LogP contribution in [0.5, 0.6) is 0 Å². The molecule has 4 rings (SSSR count). The summed E-state index contributed by atoms with van der Waals surface area (Å²) in [6.07, 6.45) is 0. The Hall–Kier alpha value is -2.87. The summed E-state index contributed by atoms with van der Waals surface area (Å²) in [6, 6.07) is 22.7. The smallest absolute Gasteiger partial charge is 0.244 e. The predicted octanol–water partition coefficient (Wildman–Crippen LogP) is 4.90. The van der Waals surface area contributed by atoms with E-state index in [-0.39, 0.29) is 5.91 Å². The molecule has 1 aliphatic heterocycles. The number of anilines is 1. The van der Waals surface area contributed by atoms with E-state index >= 15 is 0 Å². The van der Waals surface area contributed by atoms with Gasteiger partial charge in [-0.3, -0.25) is 4.79 Å². The Morgan fingerprint density at radius 3 is 1.76 bits per heavy atom. The third-order valence-electron chi connectivity index (χ3n) is 5.23. The molecule has 25 heavy (non-hydrogen) atoms. The fourth-order valence-corrected chi connectivity index (χ4v) is 3.82. The van der Waals surface area contributed by atoms with E-state index in [0.29, 0.717) is 0 Å². The minimum Gasteiger partial charge on any atom is -0.324 e. The maximum absolute atomic E-state index is 13.4. The molecule has 0 saturated carbocycles. The van der Waals surface area contributed by atoms with Crippen LogP contribution in [0.15, 0.2) is 66.7 Å². The van der Waals surface area contributed by atoms with Gasteiger partial charge in [0.25, 0.3) is 0 Å². The number of rotatable bonds is 2. The summed E-state index contributed by atoms with van der Waals surface area (Å²) in [5.41, 5.74) is 6.64. The van der Waals surface area contributed by atoms with Gasteiger partial charge in [0.2, 0.25) is 5.91 Å². The molecule has 2 nitrogen and oxygen atoms in total. The van der Waals surface area contributed by atoms with Crippen molar-refractivity contribution in [3.05, 3.63) is 100 Å². The lowest BCUT2D eigenvalue weighted by Crippen LogP contribution is -2.37. The first-order valence-corrected chi connectivity index (χ1v) is 8.59. The molecule has 0 radical (unpaired) electrons. The number of hydrogen-bond donors (Lipinski definition) is 1. The highest BCUT2D eigenvalue weighted by atomic mass is 16.2. The van der Waals surface area contributed by atoms with Gasteiger partial charge in [0.05, 0.1) is 0 Å². The van der Waals surface area contributed by atoms with Crippen molar-refractivity contribution in [3.8, 4) is 0 Å². The van der Waals surface area contributed by atoms with Crippen LogP contribution < -0.4 is 5.32 Å². The van der Waals surface area contributed by atoms with Gasteiger partial charge in [-0.25, -0.2) is 0 Å². The van der Waals surface area contributed by atoms with Crippen molar-refractivity contribution in [1.29, 1.82) is 0 Å². The van der Waals surface area contributed by atoms with E-state index in [1.54, 1.807) is 0 Å². The lowest BCUT2D eigenvalue weighted by Gasteiger charge is -2.29. The van der Waals surface area contributed by atoms with E-state index in [1.807, 2.05) is 19.1 Å². The molecule has 0 bridgehead atoms. The van der Waals surface area contributed by atoms with Crippen LogP contribution in [0.4, 0.5) is 5.69 Å².